The minimum absolute atomic E-state index is 0.0299. The fourth-order valence-electron chi connectivity index (χ4n) is 3.52. The summed E-state index contributed by atoms with van der Waals surface area (Å²) in [5.74, 6) is 0.765. The highest BCUT2D eigenvalue weighted by atomic mass is 16.5. The second kappa shape index (κ2) is 9.10. The maximum Gasteiger partial charge on any atom is 0.167 e. The number of aromatic nitrogens is 2. The molecule has 6 heteroatoms. The van der Waals surface area contributed by atoms with E-state index in [1.165, 1.54) is 0 Å². The van der Waals surface area contributed by atoms with Gasteiger partial charge in [-0.3, -0.25) is 4.98 Å². The highest BCUT2D eigenvalue weighted by molar-refractivity contribution is 5.56. The largest absolute Gasteiger partial charge is 0.390 e. The van der Waals surface area contributed by atoms with Crippen LogP contribution in [0, 0.1) is 0 Å². The van der Waals surface area contributed by atoms with Gasteiger partial charge < -0.3 is 19.7 Å². The zero-order valence-electron chi connectivity index (χ0n) is 15.7. The third kappa shape index (κ3) is 4.84. The van der Waals surface area contributed by atoms with E-state index in [-0.39, 0.29) is 12.2 Å². The quantitative estimate of drug-likeness (QED) is 0.657. The molecule has 1 saturated heterocycles. The van der Waals surface area contributed by atoms with Gasteiger partial charge in [-0.05, 0) is 24.5 Å². The number of ether oxygens (including phenoxy) is 1. The van der Waals surface area contributed by atoms with Gasteiger partial charge in [0.2, 0.25) is 0 Å². The van der Waals surface area contributed by atoms with E-state index >= 15 is 0 Å². The number of aliphatic hydroxyl groups excluding tert-OH is 1. The zero-order valence-corrected chi connectivity index (χ0v) is 15.7. The predicted molar refractivity (Wildman–Crippen MR) is 105 cm³/mol. The smallest absolute Gasteiger partial charge is 0.167 e. The van der Waals surface area contributed by atoms with Gasteiger partial charge >= 0.3 is 0 Å². The first-order valence-electron chi connectivity index (χ1n) is 9.72. The lowest BCUT2D eigenvalue weighted by molar-refractivity contribution is -0.115. The molecule has 0 bridgehead atoms. The normalized spacial score (nSPS) is 22.2. The van der Waals surface area contributed by atoms with Crippen molar-refractivity contribution in [1.29, 1.82) is 0 Å². The van der Waals surface area contributed by atoms with Crippen LogP contribution in [-0.4, -0.2) is 40.1 Å². The van der Waals surface area contributed by atoms with E-state index in [1.54, 1.807) is 6.20 Å². The van der Waals surface area contributed by atoms with Gasteiger partial charge in [0.15, 0.2) is 5.76 Å². The number of hydrogen-bond acceptors (Lipinski definition) is 6. The molecule has 0 aliphatic carbocycles. The van der Waals surface area contributed by atoms with Gasteiger partial charge in [0.05, 0.1) is 24.0 Å². The fourth-order valence-corrected chi connectivity index (χ4v) is 3.52. The van der Waals surface area contributed by atoms with Crippen molar-refractivity contribution < 1.29 is 14.4 Å². The SMILES string of the molecule is OC1CCC(Cc2cc(-c3ccccc3)on2)OC1CNCc1cccnc1. The molecule has 1 fully saturated rings. The molecule has 1 aromatic carbocycles. The molecule has 3 atom stereocenters. The Labute approximate surface area is 164 Å². The molecule has 28 heavy (non-hydrogen) atoms. The summed E-state index contributed by atoms with van der Waals surface area (Å²) in [7, 11) is 0. The summed E-state index contributed by atoms with van der Waals surface area (Å²) in [5.41, 5.74) is 3.00. The van der Waals surface area contributed by atoms with Crippen LogP contribution in [0.1, 0.15) is 24.1 Å². The summed E-state index contributed by atoms with van der Waals surface area (Å²) >= 11 is 0. The fraction of sp³-hybridized carbons (Fsp3) is 0.364. The van der Waals surface area contributed by atoms with Crippen LogP contribution in [0.4, 0.5) is 0 Å². The summed E-state index contributed by atoms with van der Waals surface area (Å²) < 4.78 is 11.6. The lowest BCUT2D eigenvalue weighted by Crippen LogP contribution is -2.45. The molecule has 1 aliphatic rings. The molecule has 2 aromatic heterocycles. The maximum absolute atomic E-state index is 10.3. The maximum atomic E-state index is 10.3. The van der Waals surface area contributed by atoms with Crippen LogP contribution in [0.25, 0.3) is 11.3 Å². The monoisotopic (exact) mass is 379 g/mol. The van der Waals surface area contributed by atoms with Crippen molar-refractivity contribution in [1.82, 2.24) is 15.5 Å². The molecule has 0 saturated carbocycles. The zero-order chi connectivity index (χ0) is 19.2. The summed E-state index contributed by atoms with van der Waals surface area (Å²) in [6, 6.07) is 15.8. The average Bonchev–Trinajstić information content (AvgIpc) is 3.20. The number of aliphatic hydroxyl groups is 1. The molecule has 0 amide bonds. The van der Waals surface area contributed by atoms with Gasteiger partial charge in [-0.25, -0.2) is 0 Å². The number of nitrogens with one attached hydrogen (secondary N) is 1. The van der Waals surface area contributed by atoms with Crippen molar-refractivity contribution in [2.45, 2.75) is 44.1 Å². The van der Waals surface area contributed by atoms with Crippen molar-refractivity contribution >= 4 is 0 Å². The first-order chi connectivity index (χ1) is 13.8. The van der Waals surface area contributed by atoms with Gasteiger partial charge in [0, 0.05) is 43.5 Å². The number of hydrogen-bond donors (Lipinski definition) is 2. The van der Waals surface area contributed by atoms with Gasteiger partial charge in [-0.15, -0.1) is 0 Å². The Morgan fingerprint density at radius 2 is 2.00 bits per heavy atom. The lowest BCUT2D eigenvalue weighted by Gasteiger charge is -2.34. The highest BCUT2D eigenvalue weighted by Crippen LogP contribution is 2.25. The van der Waals surface area contributed by atoms with E-state index in [4.69, 9.17) is 9.26 Å². The average molecular weight is 379 g/mol. The van der Waals surface area contributed by atoms with E-state index < -0.39 is 6.10 Å². The molecule has 4 rings (SSSR count). The first kappa shape index (κ1) is 18.8. The molecule has 2 N–H and O–H groups in total. The van der Waals surface area contributed by atoms with Gasteiger partial charge in [-0.1, -0.05) is 41.6 Å². The predicted octanol–water partition coefficient (Wildman–Crippen LogP) is 2.98. The van der Waals surface area contributed by atoms with E-state index in [1.807, 2.05) is 54.7 Å². The lowest BCUT2D eigenvalue weighted by atomic mass is 9.98. The van der Waals surface area contributed by atoms with Crippen LogP contribution in [0.15, 0.2) is 65.4 Å². The standard InChI is InChI=1S/C22H25N3O3/c26-20-9-8-19(27-22(20)15-24-14-16-5-4-10-23-13-16)11-18-12-21(28-25-18)17-6-2-1-3-7-17/h1-7,10,12-13,19-20,22,24,26H,8-9,11,14-15H2. The molecule has 3 aromatic rings. The number of nitrogens with zero attached hydrogens (tertiary/aromatic N) is 2. The molecular weight excluding hydrogens is 354 g/mol. The number of rotatable bonds is 7. The van der Waals surface area contributed by atoms with Crippen molar-refractivity contribution in [3.8, 4) is 11.3 Å². The van der Waals surface area contributed by atoms with Gasteiger partial charge in [-0.2, -0.15) is 0 Å². The van der Waals surface area contributed by atoms with Crippen LogP contribution in [0.2, 0.25) is 0 Å². The summed E-state index contributed by atoms with van der Waals surface area (Å²) in [5, 5.41) is 17.8. The van der Waals surface area contributed by atoms with Crippen LogP contribution < -0.4 is 5.32 Å². The van der Waals surface area contributed by atoms with Crippen LogP contribution in [-0.2, 0) is 17.7 Å². The van der Waals surface area contributed by atoms with Crippen LogP contribution >= 0.6 is 0 Å². The summed E-state index contributed by atoms with van der Waals surface area (Å²) in [6.45, 7) is 1.30. The molecule has 146 valence electrons. The molecule has 3 heterocycles. The highest BCUT2D eigenvalue weighted by Gasteiger charge is 2.30. The second-order valence-corrected chi connectivity index (χ2v) is 7.19. The van der Waals surface area contributed by atoms with E-state index in [0.717, 1.165) is 35.4 Å². The van der Waals surface area contributed by atoms with Gasteiger partial charge in [0.1, 0.15) is 0 Å². The molecular formula is C22H25N3O3. The minimum atomic E-state index is -0.449. The summed E-state index contributed by atoms with van der Waals surface area (Å²) in [6.07, 6.45) is 5.18. The van der Waals surface area contributed by atoms with Crippen molar-refractivity contribution in [2.75, 3.05) is 6.54 Å². The topological polar surface area (TPSA) is 80.4 Å². The second-order valence-electron chi connectivity index (χ2n) is 7.19. The molecule has 6 nitrogen and oxygen atoms in total. The van der Waals surface area contributed by atoms with Crippen molar-refractivity contribution in [2.24, 2.45) is 0 Å². The Hall–Kier alpha value is -2.54. The molecule has 0 spiro atoms. The van der Waals surface area contributed by atoms with Crippen LogP contribution in [0.5, 0.6) is 0 Å². The molecule has 0 radical (unpaired) electrons. The Kier molecular flexibility index (Phi) is 6.11. The molecule has 3 unspecified atom stereocenters. The Balaban J connectivity index is 1.30. The van der Waals surface area contributed by atoms with E-state index in [2.05, 4.69) is 15.5 Å². The summed E-state index contributed by atoms with van der Waals surface area (Å²) in [4.78, 5) is 4.11. The first-order valence-corrected chi connectivity index (χ1v) is 9.72. The van der Waals surface area contributed by atoms with Gasteiger partial charge in [0.25, 0.3) is 0 Å². The third-order valence-electron chi connectivity index (χ3n) is 5.03. The Morgan fingerprint density at radius 3 is 2.82 bits per heavy atom. The molecule has 1 aliphatic heterocycles. The van der Waals surface area contributed by atoms with E-state index in [9.17, 15) is 5.11 Å². The number of pyridine rings is 1. The number of benzene rings is 1. The van der Waals surface area contributed by atoms with Crippen molar-refractivity contribution in [3.05, 3.63) is 72.2 Å². The third-order valence-corrected chi connectivity index (χ3v) is 5.03. The Morgan fingerprint density at radius 1 is 1.11 bits per heavy atom. The van der Waals surface area contributed by atoms with E-state index in [0.29, 0.717) is 19.5 Å². The van der Waals surface area contributed by atoms with Crippen molar-refractivity contribution in [3.63, 3.8) is 0 Å². The Bertz CT molecular complexity index is 854. The minimum Gasteiger partial charge on any atom is -0.390 e. The van der Waals surface area contributed by atoms with Crippen LogP contribution in [0.3, 0.4) is 0 Å².